The molecule has 0 spiro atoms. The predicted molar refractivity (Wildman–Crippen MR) is 64.5 cm³/mol. The topological polar surface area (TPSA) is 38.3 Å². The van der Waals surface area contributed by atoms with Crippen molar-refractivity contribution in [3.05, 3.63) is 0 Å². The van der Waals surface area contributed by atoms with Crippen molar-refractivity contribution in [2.75, 3.05) is 13.2 Å². The Balaban J connectivity index is 2.52. The van der Waals surface area contributed by atoms with Crippen LogP contribution in [0.1, 0.15) is 19.8 Å². The number of piperidine rings is 1. The second-order valence-electron chi connectivity index (χ2n) is 5.35. The number of nitrogens with one attached hydrogen (secondary N) is 1. The molecule has 4 heteroatoms. The largest absolute Gasteiger partial charge is 0.466 e. The van der Waals surface area contributed by atoms with Gasteiger partial charge in [0.1, 0.15) is 0 Å². The highest BCUT2D eigenvalue weighted by atomic mass is 28.3. The number of hydrogen-bond donors (Lipinski definition) is 1. The molecule has 0 saturated carbocycles. The molecule has 1 rings (SSSR count). The average Bonchev–Trinajstić information content (AvgIpc) is 2.17. The maximum Gasteiger partial charge on any atom is 0.309 e. The lowest BCUT2D eigenvalue weighted by Crippen LogP contribution is -2.53. The maximum atomic E-state index is 11.6. The first-order valence-electron chi connectivity index (χ1n) is 5.85. The third kappa shape index (κ3) is 3.61. The molecule has 1 saturated heterocycles. The Kier molecular flexibility index (Phi) is 4.34. The molecule has 1 heterocycles. The van der Waals surface area contributed by atoms with E-state index in [1.807, 2.05) is 6.92 Å². The van der Waals surface area contributed by atoms with Crippen LogP contribution in [0, 0.1) is 5.92 Å². The lowest BCUT2D eigenvalue weighted by Gasteiger charge is -2.36. The Morgan fingerprint density at radius 1 is 1.47 bits per heavy atom. The van der Waals surface area contributed by atoms with E-state index >= 15 is 0 Å². The standard InChI is InChI=1S/C11H23NO2Si/c1-5-14-11(13)9-6-7-12-10(8-9)15(2,3)4/h9-10,12H,5-8H2,1-4H3. The molecular weight excluding hydrogens is 206 g/mol. The maximum absolute atomic E-state index is 11.6. The molecule has 2 atom stereocenters. The third-order valence-electron chi connectivity index (χ3n) is 3.07. The third-order valence-corrected chi connectivity index (χ3v) is 5.60. The highest BCUT2D eigenvalue weighted by molar-refractivity contribution is 6.77. The van der Waals surface area contributed by atoms with Gasteiger partial charge in [-0.05, 0) is 26.3 Å². The van der Waals surface area contributed by atoms with Crippen LogP contribution in [-0.4, -0.2) is 32.9 Å². The Labute approximate surface area is 93.6 Å². The summed E-state index contributed by atoms with van der Waals surface area (Å²) >= 11 is 0. The summed E-state index contributed by atoms with van der Waals surface area (Å²) in [5, 5.41) is 3.54. The number of hydrogen-bond acceptors (Lipinski definition) is 3. The van der Waals surface area contributed by atoms with Crippen molar-refractivity contribution in [1.82, 2.24) is 5.32 Å². The van der Waals surface area contributed by atoms with Crippen LogP contribution in [0.3, 0.4) is 0 Å². The van der Waals surface area contributed by atoms with E-state index in [0.29, 0.717) is 12.3 Å². The highest BCUT2D eigenvalue weighted by Gasteiger charge is 2.34. The van der Waals surface area contributed by atoms with Crippen LogP contribution in [0.5, 0.6) is 0 Å². The Morgan fingerprint density at radius 3 is 2.67 bits per heavy atom. The van der Waals surface area contributed by atoms with Gasteiger partial charge in [-0.2, -0.15) is 0 Å². The first-order valence-corrected chi connectivity index (χ1v) is 9.43. The number of carbonyl (C=O) groups is 1. The van der Waals surface area contributed by atoms with Crippen LogP contribution in [0.15, 0.2) is 0 Å². The van der Waals surface area contributed by atoms with Crippen molar-refractivity contribution >= 4 is 14.0 Å². The fourth-order valence-electron chi connectivity index (χ4n) is 2.05. The normalized spacial score (nSPS) is 27.5. The van der Waals surface area contributed by atoms with E-state index in [-0.39, 0.29) is 11.9 Å². The summed E-state index contributed by atoms with van der Waals surface area (Å²) in [5.41, 5.74) is 0.556. The molecule has 0 aromatic heterocycles. The molecule has 3 nitrogen and oxygen atoms in total. The van der Waals surface area contributed by atoms with Gasteiger partial charge in [0.05, 0.1) is 20.6 Å². The molecule has 1 aliphatic heterocycles. The van der Waals surface area contributed by atoms with Gasteiger partial charge in [-0.1, -0.05) is 19.6 Å². The first-order chi connectivity index (χ1) is 6.95. The minimum Gasteiger partial charge on any atom is -0.466 e. The summed E-state index contributed by atoms with van der Waals surface area (Å²) < 4.78 is 5.09. The number of carbonyl (C=O) groups excluding carboxylic acids is 1. The van der Waals surface area contributed by atoms with Crippen LogP contribution in [-0.2, 0) is 9.53 Å². The highest BCUT2D eigenvalue weighted by Crippen LogP contribution is 2.23. The van der Waals surface area contributed by atoms with E-state index in [4.69, 9.17) is 4.74 Å². The summed E-state index contributed by atoms with van der Waals surface area (Å²) in [6.07, 6.45) is 1.90. The van der Waals surface area contributed by atoms with Crippen molar-refractivity contribution < 1.29 is 9.53 Å². The average molecular weight is 229 g/mol. The number of rotatable bonds is 3. The summed E-state index contributed by atoms with van der Waals surface area (Å²) in [7, 11) is -1.19. The SMILES string of the molecule is CCOC(=O)C1CCNC([Si](C)(C)C)C1. The molecule has 1 fully saturated rings. The molecule has 1 N–H and O–H groups in total. The van der Waals surface area contributed by atoms with Gasteiger partial charge in [-0.3, -0.25) is 4.79 Å². The molecule has 2 unspecified atom stereocenters. The molecule has 0 radical (unpaired) electrons. The monoisotopic (exact) mass is 229 g/mol. The van der Waals surface area contributed by atoms with Gasteiger partial charge in [-0.15, -0.1) is 0 Å². The zero-order chi connectivity index (χ0) is 11.5. The van der Waals surface area contributed by atoms with Crippen LogP contribution in [0.2, 0.25) is 19.6 Å². The van der Waals surface area contributed by atoms with Crippen LogP contribution in [0.4, 0.5) is 0 Å². The summed E-state index contributed by atoms with van der Waals surface area (Å²) in [6, 6.07) is 0. The van der Waals surface area contributed by atoms with Crippen molar-refractivity contribution in [3.63, 3.8) is 0 Å². The van der Waals surface area contributed by atoms with Gasteiger partial charge in [0.25, 0.3) is 0 Å². The minimum atomic E-state index is -1.19. The summed E-state index contributed by atoms with van der Waals surface area (Å²) in [6.45, 7) is 10.4. The van der Waals surface area contributed by atoms with Crippen LogP contribution in [0.25, 0.3) is 0 Å². The molecule has 0 amide bonds. The molecule has 0 aliphatic carbocycles. The molecule has 0 aromatic rings. The lowest BCUT2D eigenvalue weighted by molar-refractivity contribution is -0.149. The Hall–Kier alpha value is -0.353. The summed E-state index contributed by atoms with van der Waals surface area (Å²) in [4.78, 5) is 11.6. The van der Waals surface area contributed by atoms with Crippen molar-refractivity contribution in [3.8, 4) is 0 Å². The lowest BCUT2D eigenvalue weighted by atomic mass is 9.98. The molecule has 0 aromatic carbocycles. The smallest absolute Gasteiger partial charge is 0.309 e. The van der Waals surface area contributed by atoms with E-state index in [2.05, 4.69) is 25.0 Å². The van der Waals surface area contributed by atoms with E-state index in [0.717, 1.165) is 19.4 Å². The fourth-order valence-corrected chi connectivity index (χ4v) is 3.80. The molecule has 88 valence electrons. The van der Waals surface area contributed by atoms with E-state index < -0.39 is 8.07 Å². The second-order valence-corrected chi connectivity index (χ2v) is 10.8. The Morgan fingerprint density at radius 2 is 2.13 bits per heavy atom. The van der Waals surface area contributed by atoms with Gasteiger partial charge < -0.3 is 10.1 Å². The van der Waals surface area contributed by atoms with Gasteiger partial charge in [-0.25, -0.2) is 0 Å². The van der Waals surface area contributed by atoms with Gasteiger partial charge in [0.2, 0.25) is 0 Å². The van der Waals surface area contributed by atoms with E-state index in [1.165, 1.54) is 0 Å². The molecular formula is C11H23NO2Si. The van der Waals surface area contributed by atoms with Gasteiger partial charge in [0.15, 0.2) is 0 Å². The Bertz CT molecular complexity index is 225. The van der Waals surface area contributed by atoms with Crippen LogP contribution < -0.4 is 5.32 Å². The zero-order valence-corrected chi connectivity index (χ0v) is 11.3. The number of ether oxygens (including phenoxy) is 1. The van der Waals surface area contributed by atoms with Crippen molar-refractivity contribution in [2.45, 2.75) is 45.1 Å². The van der Waals surface area contributed by atoms with E-state index in [9.17, 15) is 4.79 Å². The summed E-state index contributed by atoms with van der Waals surface area (Å²) in [5.74, 6) is 0.130. The minimum absolute atomic E-state index is 0.00208. The molecule has 1 aliphatic rings. The van der Waals surface area contributed by atoms with E-state index in [1.54, 1.807) is 0 Å². The second kappa shape index (κ2) is 5.12. The molecule has 15 heavy (non-hydrogen) atoms. The van der Waals surface area contributed by atoms with Crippen molar-refractivity contribution in [2.24, 2.45) is 5.92 Å². The van der Waals surface area contributed by atoms with Gasteiger partial charge >= 0.3 is 5.97 Å². The zero-order valence-electron chi connectivity index (χ0n) is 10.3. The first kappa shape index (κ1) is 12.7. The van der Waals surface area contributed by atoms with Crippen LogP contribution >= 0.6 is 0 Å². The number of esters is 1. The molecule has 0 bridgehead atoms. The fraction of sp³-hybridized carbons (Fsp3) is 0.909. The van der Waals surface area contributed by atoms with Crippen molar-refractivity contribution in [1.29, 1.82) is 0 Å². The van der Waals surface area contributed by atoms with Gasteiger partial charge in [0, 0.05) is 5.67 Å². The predicted octanol–water partition coefficient (Wildman–Crippen LogP) is 1.80. The quantitative estimate of drug-likeness (QED) is 0.592.